The number of aromatic nitrogens is 1. The minimum absolute atomic E-state index is 0.759. The van der Waals surface area contributed by atoms with Crippen molar-refractivity contribution in [2.45, 2.75) is 45.6 Å². The Kier molecular flexibility index (Phi) is 4.94. The van der Waals surface area contributed by atoms with Crippen LogP contribution in [0, 0.1) is 6.92 Å². The topological polar surface area (TPSA) is 28.2 Å². The predicted molar refractivity (Wildman–Crippen MR) is 94.5 cm³/mol. The summed E-state index contributed by atoms with van der Waals surface area (Å²) in [6.45, 7) is 7.98. The molecule has 0 amide bonds. The second kappa shape index (κ2) is 7.10. The fourth-order valence-electron chi connectivity index (χ4n) is 3.43. The van der Waals surface area contributed by atoms with Crippen LogP contribution >= 0.6 is 0 Å². The van der Waals surface area contributed by atoms with Crippen molar-refractivity contribution >= 4 is 16.7 Å². The first-order valence-corrected chi connectivity index (χ1v) is 8.58. The first kappa shape index (κ1) is 15.3. The highest BCUT2D eigenvalue weighted by Gasteiger charge is 2.16. The van der Waals surface area contributed by atoms with E-state index in [9.17, 15) is 0 Å². The number of piperidine rings is 1. The van der Waals surface area contributed by atoms with E-state index in [4.69, 9.17) is 4.98 Å². The van der Waals surface area contributed by atoms with Gasteiger partial charge in [0.15, 0.2) is 0 Å². The summed E-state index contributed by atoms with van der Waals surface area (Å²) in [6.07, 6.45) is 5.30. The molecule has 1 fully saturated rings. The van der Waals surface area contributed by atoms with Crippen molar-refractivity contribution in [3.63, 3.8) is 0 Å². The van der Waals surface area contributed by atoms with E-state index in [2.05, 4.69) is 54.4 Å². The Balaban J connectivity index is 1.53. The van der Waals surface area contributed by atoms with Crippen LogP contribution in [0.15, 0.2) is 30.3 Å². The third-order valence-electron chi connectivity index (χ3n) is 4.79. The number of nitrogens with zero attached hydrogens (tertiary/aromatic N) is 2. The summed E-state index contributed by atoms with van der Waals surface area (Å²) in [5, 5.41) is 4.74. The summed E-state index contributed by atoms with van der Waals surface area (Å²) in [6, 6.07) is 11.3. The third kappa shape index (κ3) is 3.58. The summed E-state index contributed by atoms with van der Waals surface area (Å²) in [4.78, 5) is 7.34. The average Bonchev–Trinajstić information content (AvgIpc) is 2.53. The van der Waals surface area contributed by atoms with Gasteiger partial charge in [-0.3, -0.25) is 0 Å². The fourth-order valence-corrected chi connectivity index (χ4v) is 3.43. The maximum atomic E-state index is 4.71. The second-order valence-electron chi connectivity index (χ2n) is 6.50. The molecule has 3 nitrogen and oxygen atoms in total. The molecule has 1 aliphatic heterocycles. The zero-order chi connectivity index (χ0) is 15.4. The molecule has 118 valence electrons. The van der Waals surface area contributed by atoms with Crippen molar-refractivity contribution in [2.75, 3.05) is 25.0 Å². The lowest BCUT2D eigenvalue weighted by Crippen LogP contribution is -2.38. The Morgan fingerprint density at radius 1 is 1.27 bits per heavy atom. The zero-order valence-electron chi connectivity index (χ0n) is 13.8. The van der Waals surface area contributed by atoms with Crippen LogP contribution in [-0.4, -0.2) is 35.6 Å². The van der Waals surface area contributed by atoms with Gasteiger partial charge >= 0.3 is 0 Å². The van der Waals surface area contributed by atoms with Gasteiger partial charge < -0.3 is 10.2 Å². The maximum absolute atomic E-state index is 4.71. The molecule has 0 bridgehead atoms. The van der Waals surface area contributed by atoms with Gasteiger partial charge in [-0.25, -0.2) is 4.98 Å². The van der Waals surface area contributed by atoms with Gasteiger partial charge in [-0.15, -0.1) is 0 Å². The SMILES string of the molecule is Cc1cc(NCCCN2CCCCC2C)nc2ccccc12. The highest BCUT2D eigenvalue weighted by atomic mass is 15.2. The fraction of sp³-hybridized carbons (Fsp3) is 0.526. The van der Waals surface area contributed by atoms with Crippen LogP contribution in [-0.2, 0) is 0 Å². The number of benzene rings is 1. The molecule has 3 heteroatoms. The number of likely N-dealkylation sites (tertiary alicyclic amines) is 1. The molecule has 1 saturated heterocycles. The number of fused-ring (bicyclic) bond motifs is 1. The normalized spacial score (nSPS) is 19.5. The Labute approximate surface area is 133 Å². The van der Waals surface area contributed by atoms with Gasteiger partial charge in [0, 0.05) is 24.5 Å². The second-order valence-corrected chi connectivity index (χ2v) is 6.50. The minimum Gasteiger partial charge on any atom is -0.370 e. The summed E-state index contributed by atoms with van der Waals surface area (Å²) in [7, 11) is 0. The lowest BCUT2D eigenvalue weighted by molar-refractivity contribution is 0.160. The molecule has 1 N–H and O–H groups in total. The van der Waals surface area contributed by atoms with E-state index in [0.29, 0.717) is 0 Å². The Bertz CT molecular complexity index is 623. The number of nitrogens with one attached hydrogen (secondary N) is 1. The van der Waals surface area contributed by atoms with Crippen molar-refractivity contribution < 1.29 is 0 Å². The van der Waals surface area contributed by atoms with Gasteiger partial charge in [-0.2, -0.15) is 0 Å². The Morgan fingerprint density at radius 3 is 3.00 bits per heavy atom. The molecule has 0 spiro atoms. The molecule has 1 aromatic carbocycles. The van der Waals surface area contributed by atoms with Crippen LogP contribution in [0.2, 0.25) is 0 Å². The Hall–Kier alpha value is -1.61. The molecule has 1 atom stereocenters. The van der Waals surface area contributed by atoms with Crippen LogP contribution in [0.1, 0.15) is 38.2 Å². The number of pyridine rings is 1. The number of aryl methyl sites for hydroxylation is 1. The van der Waals surface area contributed by atoms with Gasteiger partial charge in [-0.1, -0.05) is 24.6 Å². The minimum atomic E-state index is 0.759. The molecule has 1 aliphatic rings. The lowest BCUT2D eigenvalue weighted by Gasteiger charge is -2.33. The molecule has 1 unspecified atom stereocenters. The van der Waals surface area contributed by atoms with Crippen LogP contribution in [0.3, 0.4) is 0 Å². The smallest absolute Gasteiger partial charge is 0.126 e. The van der Waals surface area contributed by atoms with Crippen molar-refractivity contribution in [2.24, 2.45) is 0 Å². The van der Waals surface area contributed by atoms with Gasteiger partial charge in [0.05, 0.1) is 5.52 Å². The summed E-state index contributed by atoms with van der Waals surface area (Å²) < 4.78 is 0. The number of rotatable bonds is 5. The predicted octanol–water partition coefficient (Wildman–Crippen LogP) is 4.22. The van der Waals surface area contributed by atoms with Crippen LogP contribution < -0.4 is 5.32 Å². The van der Waals surface area contributed by atoms with E-state index in [1.165, 1.54) is 49.7 Å². The number of hydrogen-bond donors (Lipinski definition) is 1. The maximum Gasteiger partial charge on any atom is 0.126 e. The largest absolute Gasteiger partial charge is 0.370 e. The molecule has 0 radical (unpaired) electrons. The first-order chi connectivity index (χ1) is 10.7. The number of anilines is 1. The van der Waals surface area contributed by atoms with Crippen molar-refractivity contribution in [3.8, 4) is 0 Å². The molecule has 1 aromatic heterocycles. The molecule has 3 rings (SSSR count). The first-order valence-electron chi connectivity index (χ1n) is 8.58. The number of para-hydroxylation sites is 1. The third-order valence-corrected chi connectivity index (χ3v) is 4.79. The van der Waals surface area contributed by atoms with Crippen molar-refractivity contribution in [3.05, 3.63) is 35.9 Å². The molecule has 2 heterocycles. The van der Waals surface area contributed by atoms with Crippen LogP contribution in [0.4, 0.5) is 5.82 Å². The molecular formula is C19H27N3. The molecule has 0 aliphatic carbocycles. The van der Waals surface area contributed by atoms with E-state index in [-0.39, 0.29) is 0 Å². The van der Waals surface area contributed by atoms with E-state index < -0.39 is 0 Å². The highest BCUT2D eigenvalue weighted by Crippen LogP contribution is 2.20. The molecular weight excluding hydrogens is 270 g/mol. The number of hydrogen-bond acceptors (Lipinski definition) is 3. The quantitative estimate of drug-likeness (QED) is 0.838. The van der Waals surface area contributed by atoms with Gasteiger partial charge in [0.25, 0.3) is 0 Å². The van der Waals surface area contributed by atoms with Gasteiger partial charge in [-0.05, 0) is 57.4 Å². The zero-order valence-corrected chi connectivity index (χ0v) is 13.8. The molecule has 0 saturated carbocycles. The van der Waals surface area contributed by atoms with E-state index in [0.717, 1.165) is 23.9 Å². The van der Waals surface area contributed by atoms with E-state index in [1.807, 2.05) is 0 Å². The van der Waals surface area contributed by atoms with E-state index in [1.54, 1.807) is 0 Å². The Morgan fingerprint density at radius 2 is 2.14 bits per heavy atom. The van der Waals surface area contributed by atoms with Crippen molar-refractivity contribution in [1.82, 2.24) is 9.88 Å². The summed E-state index contributed by atoms with van der Waals surface area (Å²) in [5.41, 5.74) is 2.37. The lowest BCUT2D eigenvalue weighted by atomic mass is 10.0. The van der Waals surface area contributed by atoms with Gasteiger partial charge in [0.2, 0.25) is 0 Å². The van der Waals surface area contributed by atoms with Crippen molar-refractivity contribution in [1.29, 1.82) is 0 Å². The summed E-state index contributed by atoms with van der Waals surface area (Å²) >= 11 is 0. The van der Waals surface area contributed by atoms with Gasteiger partial charge in [0.1, 0.15) is 5.82 Å². The standard InChI is InChI=1S/C19H27N3/c1-15-14-19(21-18-10-4-3-9-17(15)18)20-11-7-13-22-12-6-5-8-16(22)2/h3-4,9-10,14,16H,5-8,11-13H2,1-2H3,(H,20,21). The summed E-state index contributed by atoms with van der Waals surface area (Å²) in [5.74, 6) is 1.00. The molecule has 22 heavy (non-hydrogen) atoms. The highest BCUT2D eigenvalue weighted by molar-refractivity contribution is 5.83. The van der Waals surface area contributed by atoms with E-state index >= 15 is 0 Å². The average molecular weight is 297 g/mol. The molecule has 2 aromatic rings. The van der Waals surface area contributed by atoms with Crippen LogP contribution in [0.5, 0.6) is 0 Å². The van der Waals surface area contributed by atoms with Crippen LogP contribution in [0.25, 0.3) is 10.9 Å². The monoisotopic (exact) mass is 297 g/mol.